The molecule has 5 nitrogen and oxygen atoms in total. The van der Waals surface area contributed by atoms with Crippen LogP contribution in [0.5, 0.6) is 11.5 Å². The summed E-state index contributed by atoms with van der Waals surface area (Å²) in [6, 6.07) is 30.9. The lowest BCUT2D eigenvalue weighted by Crippen LogP contribution is -2.43. The van der Waals surface area contributed by atoms with E-state index in [1.54, 1.807) is 14.2 Å². The summed E-state index contributed by atoms with van der Waals surface area (Å²) >= 11 is 0. The second-order valence-electron chi connectivity index (χ2n) is 11.8. The molecule has 5 aromatic rings. The van der Waals surface area contributed by atoms with E-state index in [1.165, 1.54) is 38.8 Å². The number of hydrogen-bond acceptors (Lipinski definition) is 4. The summed E-state index contributed by atoms with van der Waals surface area (Å²) in [5, 5.41) is 1.26. The van der Waals surface area contributed by atoms with Crippen molar-refractivity contribution >= 4 is 10.9 Å². The molecule has 216 valence electrons. The van der Waals surface area contributed by atoms with E-state index in [1.807, 2.05) is 6.07 Å². The Morgan fingerprint density at radius 3 is 2.00 bits per heavy atom. The molecular formula is C37H41N3O2. The van der Waals surface area contributed by atoms with Crippen molar-refractivity contribution in [2.24, 2.45) is 0 Å². The quantitative estimate of drug-likeness (QED) is 0.209. The van der Waals surface area contributed by atoms with Crippen LogP contribution in [0.3, 0.4) is 0 Å². The van der Waals surface area contributed by atoms with Crippen LogP contribution in [-0.2, 0) is 6.54 Å². The third-order valence-corrected chi connectivity index (χ3v) is 8.57. The highest BCUT2D eigenvalue weighted by Crippen LogP contribution is 2.40. The van der Waals surface area contributed by atoms with Gasteiger partial charge in [-0.25, -0.2) is 0 Å². The molecule has 0 aliphatic carbocycles. The first-order chi connectivity index (χ1) is 20.4. The monoisotopic (exact) mass is 559 g/mol. The van der Waals surface area contributed by atoms with Crippen molar-refractivity contribution in [1.82, 2.24) is 14.8 Å². The van der Waals surface area contributed by atoms with Crippen LogP contribution >= 0.6 is 0 Å². The van der Waals surface area contributed by atoms with Crippen LogP contribution < -0.4 is 9.47 Å². The Hall–Kier alpha value is -4.06. The Morgan fingerprint density at radius 2 is 1.33 bits per heavy atom. The van der Waals surface area contributed by atoms with Gasteiger partial charge >= 0.3 is 0 Å². The molecule has 5 heteroatoms. The number of rotatable bonds is 8. The molecule has 1 saturated heterocycles. The van der Waals surface area contributed by atoms with Gasteiger partial charge in [0.05, 0.1) is 19.9 Å². The zero-order chi connectivity index (χ0) is 29.2. The van der Waals surface area contributed by atoms with Crippen LogP contribution in [0.4, 0.5) is 0 Å². The van der Waals surface area contributed by atoms with Gasteiger partial charge in [0.25, 0.3) is 0 Å². The molecule has 2 heterocycles. The number of aromatic amines is 1. The van der Waals surface area contributed by atoms with Gasteiger partial charge in [0.1, 0.15) is 0 Å². The Bertz CT molecular complexity index is 1680. The second-order valence-corrected chi connectivity index (χ2v) is 11.8. The summed E-state index contributed by atoms with van der Waals surface area (Å²) in [5.74, 6) is 1.81. The van der Waals surface area contributed by atoms with Gasteiger partial charge < -0.3 is 19.4 Å². The predicted octanol–water partition coefficient (Wildman–Crippen LogP) is 8.06. The van der Waals surface area contributed by atoms with E-state index in [0.717, 1.165) is 61.0 Å². The molecule has 6 rings (SSSR count). The topological polar surface area (TPSA) is 40.7 Å². The Balaban J connectivity index is 1.28. The lowest BCUT2D eigenvalue weighted by molar-refractivity contribution is 0.148. The molecule has 1 fully saturated rings. The first kappa shape index (κ1) is 28.1. The molecule has 0 atom stereocenters. The van der Waals surface area contributed by atoms with Crippen molar-refractivity contribution in [3.63, 3.8) is 0 Å². The summed E-state index contributed by atoms with van der Waals surface area (Å²) in [5.41, 5.74) is 11.0. The van der Waals surface area contributed by atoms with Crippen LogP contribution in [0.25, 0.3) is 44.4 Å². The van der Waals surface area contributed by atoms with Crippen LogP contribution in [-0.4, -0.2) is 62.2 Å². The average molecular weight is 560 g/mol. The number of ether oxygens (including phenoxy) is 2. The molecule has 1 aliphatic rings. The number of H-pyrrole nitrogens is 1. The van der Waals surface area contributed by atoms with Gasteiger partial charge in [0, 0.05) is 49.2 Å². The number of benzene rings is 4. The Morgan fingerprint density at radius 1 is 0.690 bits per heavy atom. The number of likely N-dealkylation sites (N-methyl/N-ethyl adjacent to an activating group) is 1. The fraction of sp³-hybridized carbons (Fsp3) is 0.297. The molecule has 0 bridgehead atoms. The third kappa shape index (κ3) is 5.67. The fourth-order valence-corrected chi connectivity index (χ4v) is 6.18. The fourth-order valence-electron chi connectivity index (χ4n) is 6.18. The van der Waals surface area contributed by atoms with Crippen LogP contribution in [0.15, 0.2) is 84.9 Å². The van der Waals surface area contributed by atoms with Crippen molar-refractivity contribution in [3.8, 4) is 45.0 Å². The molecule has 1 aromatic heterocycles. The van der Waals surface area contributed by atoms with Crippen LogP contribution in [0.2, 0.25) is 0 Å². The van der Waals surface area contributed by atoms with E-state index < -0.39 is 0 Å². The van der Waals surface area contributed by atoms with Gasteiger partial charge in [-0.15, -0.1) is 0 Å². The van der Waals surface area contributed by atoms with Gasteiger partial charge in [-0.05, 0) is 82.7 Å². The maximum absolute atomic E-state index is 5.59. The molecule has 0 amide bonds. The maximum Gasteiger partial charge on any atom is 0.161 e. The zero-order valence-electron chi connectivity index (χ0n) is 25.4. The number of fused-ring (bicyclic) bond motifs is 1. The van der Waals surface area contributed by atoms with E-state index in [9.17, 15) is 0 Å². The molecule has 1 N–H and O–H groups in total. The summed E-state index contributed by atoms with van der Waals surface area (Å²) in [6.07, 6.45) is 0. The van der Waals surface area contributed by atoms with E-state index in [-0.39, 0.29) is 0 Å². The smallest absolute Gasteiger partial charge is 0.161 e. The Kier molecular flexibility index (Phi) is 8.05. The highest BCUT2D eigenvalue weighted by Gasteiger charge is 2.19. The van der Waals surface area contributed by atoms with E-state index in [4.69, 9.17) is 9.47 Å². The summed E-state index contributed by atoms with van der Waals surface area (Å²) < 4.78 is 11.1. The average Bonchev–Trinajstić information content (AvgIpc) is 3.41. The van der Waals surface area contributed by atoms with Crippen molar-refractivity contribution in [1.29, 1.82) is 0 Å². The number of methoxy groups -OCH3 is 2. The summed E-state index contributed by atoms with van der Waals surface area (Å²) in [4.78, 5) is 8.66. The highest BCUT2D eigenvalue weighted by molar-refractivity contribution is 5.94. The molecular weight excluding hydrogens is 518 g/mol. The molecule has 0 spiro atoms. The summed E-state index contributed by atoms with van der Waals surface area (Å²) in [6.45, 7) is 10.1. The standard InChI is InChI=1S/C37H41N3O2/c1-25(2)36-32-22-30(13-15-33(32)38-37(36)31-14-16-34(41-4)35(23-31)42-5)28-11-9-27(10-12-28)29-8-6-7-26(21-29)24-40-19-17-39(3)18-20-40/h6-16,21-23,25,38H,17-20,24H2,1-5H3. The van der Waals surface area contributed by atoms with Gasteiger partial charge in [0.2, 0.25) is 0 Å². The molecule has 0 saturated carbocycles. The molecule has 42 heavy (non-hydrogen) atoms. The summed E-state index contributed by atoms with van der Waals surface area (Å²) in [7, 11) is 5.55. The maximum atomic E-state index is 5.59. The second kappa shape index (κ2) is 12.0. The van der Waals surface area contributed by atoms with Crippen LogP contribution in [0, 0.1) is 0 Å². The van der Waals surface area contributed by atoms with E-state index in [2.05, 4.69) is 115 Å². The SMILES string of the molecule is COc1ccc(-c2[nH]c3ccc(-c4ccc(-c5cccc(CN6CCN(C)CC6)c5)cc4)cc3c2C(C)C)cc1OC. The minimum Gasteiger partial charge on any atom is -0.493 e. The Labute approximate surface area is 249 Å². The number of hydrogen-bond donors (Lipinski definition) is 1. The number of piperazine rings is 1. The lowest BCUT2D eigenvalue weighted by atomic mass is 9.93. The minimum atomic E-state index is 0.345. The number of nitrogens with one attached hydrogen (secondary N) is 1. The predicted molar refractivity (Wildman–Crippen MR) is 175 cm³/mol. The van der Waals surface area contributed by atoms with E-state index >= 15 is 0 Å². The lowest BCUT2D eigenvalue weighted by Gasteiger charge is -2.32. The molecule has 4 aromatic carbocycles. The highest BCUT2D eigenvalue weighted by atomic mass is 16.5. The minimum absolute atomic E-state index is 0.345. The van der Waals surface area contributed by atoms with Gasteiger partial charge in [0.15, 0.2) is 11.5 Å². The van der Waals surface area contributed by atoms with Gasteiger partial charge in [-0.2, -0.15) is 0 Å². The van der Waals surface area contributed by atoms with E-state index in [0.29, 0.717) is 5.92 Å². The molecule has 1 aliphatic heterocycles. The largest absolute Gasteiger partial charge is 0.493 e. The first-order valence-electron chi connectivity index (χ1n) is 14.9. The van der Waals surface area contributed by atoms with Crippen molar-refractivity contribution in [2.75, 3.05) is 47.4 Å². The first-order valence-corrected chi connectivity index (χ1v) is 14.9. The molecule has 0 unspecified atom stereocenters. The van der Waals surface area contributed by atoms with Gasteiger partial charge in [-0.3, -0.25) is 4.90 Å². The number of aromatic nitrogens is 1. The molecule has 0 radical (unpaired) electrons. The van der Waals surface area contributed by atoms with Crippen LogP contribution in [0.1, 0.15) is 30.9 Å². The zero-order valence-corrected chi connectivity index (χ0v) is 25.4. The van der Waals surface area contributed by atoms with Crippen molar-refractivity contribution in [2.45, 2.75) is 26.3 Å². The van der Waals surface area contributed by atoms with Gasteiger partial charge in [-0.1, -0.05) is 62.4 Å². The third-order valence-electron chi connectivity index (χ3n) is 8.57. The number of nitrogens with zero attached hydrogens (tertiary/aromatic N) is 2. The van der Waals surface area contributed by atoms with Crippen molar-refractivity contribution in [3.05, 3.63) is 96.1 Å². The normalized spacial score (nSPS) is 14.5. The van der Waals surface area contributed by atoms with Crippen molar-refractivity contribution < 1.29 is 9.47 Å².